The molecule has 2 atom stereocenters. The number of aromatic nitrogens is 4. The summed E-state index contributed by atoms with van der Waals surface area (Å²) in [6.07, 6.45) is 7.49. The first-order valence-corrected chi connectivity index (χ1v) is 10.5. The zero-order valence-corrected chi connectivity index (χ0v) is 17.1. The van der Waals surface area contributed by atoms with E-state index in [2.05, 4.69) is 9.97 Å². The summed E-state index contributed by atoms with van der Waals surface area (Å²) >= 11 is 0. The van der Waals surface area contributed by atoms with Gasteiger partial charge in [0.1, 0.15) is 5.82 Å². The summed E-state index contributed by atoms with van der Waals surface area (Å²) in [6, 6.07) is 9.73. The van der Waals surface area contributed by atoms with E-state index >= 15 is 0 Å². The Bertz CT molecular complexity index is 1130. The van der Waals surface area contributed by atoms with Crippen molar-refractivity contribution in [2.75, 3.05) is 13.1 Å². The molecule has 0 aliphatic carbocycles. The Morgan fingerprint density at radius 1 is 1.10 bits per heavy atom. The number of likely N-dealkylation sites (tertiary alicyclic amines) is 1. The topological polar surface area (TPSA) is 73.0 Å². The van der Waals surface area contributed by atoms with Gasteiger partial charge in [0, 0.05) is 69.0 Å². The Morgan fingerprint density at radius 2 is 2.00 bits per heavy atom. The molecule has 0 saturated carbocycles. The van der Waals surface area contributed by atoms with Gasteiger partial charge in [0.15, 0.2) is 0 Å². The van der Waals surface area contributed by atoms with Gasteiger partial charge in [-0.3, -0.25) is 14.6 Å². The molecule has 2 bridgehead atoms. The molecule has 7 nitrogen and oxygen atoms in total. The molecule has 3 aromatic heterocycles. The number of hydrogen-bond acceptors (Lipinski definition) is 4. The van der Waals surface area contributed by atoms with E-state index in [4.69, 9.17) is 0 Å². The van der Waals surface area contributed by atoms with Crippen molar-refractivity contribution in [2.24, 2.45) is 13.0 Å². The van der Waals surface area contributed by atoms with Crippen LogP contribution in [0.1, 0.15) is 30.1 Å². The second-order valence-corrected chi connectivity index (χ2v) is 8.37. The van der Waals surface area contributed by atoms with Crippen molar-refractivity contribution >= 4 is 5.91 Å². The number of carbonyl (C=O) groups is 1. The fourth-order valence-electron chi connectivity index (χ4n) is 4.88. The summed E-state index contributed by atoms with van der Waals surface area (Å²) in [6.45, 7) is 2.06. The van der Waals surface area contributed by atoms with Gasteiger partial charge in [-0.25, -0.2) is 4.98 Å². The van der Waals surface area contributed by atoms with Crippen LogP contribution in [-0.4, -0.2) is 43.0 Å². The third-order valence-electron chi connectivity index (χ3n) is 6.34. The van der Waals surface area contributed by atoms with Crippen LogP contribution in [0.2, 0.25) is 0 Å². The van der Waals surface area contributed by atoms with Gasteiger partial charge in [0.25, 0.3) is 5.56 Å². The summed E-state index contributed by atoms with van der Waals surface area (Å²) < 4.78 is 3.79. The molecule has 0 radical (unpaired) electrons. The van der Waals surface area contributed by atoms with Crippen LogP contribution >= 0.6 is 0 Å². The van der Waals surface area contributed by atoms with Crippen LogP contribution in [0.5, 0.6) is 0 Å². The van der Waals surface area contributed by atoms with Gasteiger partial charge in [-0.1, -0.05) is 6.07 Å². The van der Waals surface area contributed by atoms with Gasteiger partial charge in [0.2, 0.25) is 5.91 Å². The number of imidazole rings is 1. The highest BCUT2D eigenvalue weighted by molar-refractivity contribution is 5.76. The average molecular weight is 403 g/mol. The highest BCUT2D eigenvalue weighted by atomic mass is 16.2. The predicted octanol–water partition coefficient (Wildman–Crippen LogP) is 2.22. The standard InChI is InChI=1S/C23H25N5O2/c1-26-11-10-25-22(26)19-6-7-20-17-12-16(14-28(20)23(19)30)13-27(15-17)21(29)8-5-18-4-2-3-9-24-18/h2-4,6-7,9-11,16-17H,5,8,12-15H2,1H3/t16-,17+/m0/s1. The van der Waals surface area contributed by atoms with Crippen LogP contribution in [0.25, 0.3) is 11.4 Å². The van der Waals surface area contributed by atoms with Crippen molar-refractivity contribution in [3.8, 4) is 11.4 Å². The number of amides is 1. The van der Waals surface area contributed by atoms with E-state index in [-0.39, 0.29) is 17.4 Å². The van der Waals surface area contributed by atoms with Gasteiger partial charge < -0.3 is 14.0 Å². The third kappa shape index (κ3) is 3.34. The highest BCUT2D eigenvalue weighted by Gasteiger charge is 2.36. The van der Waals surface area contributed by atoms with Crippen LogP contribution in [-0.2, 0) is 24.8 Å². The Kier molecular flexibility index (Phi) is 4.73. The molecule has 154 valence electrons. The number of carbonyl (C=O) groups excluding carboxylic acids is 1. The SMILES string of the molecule is Cn1ccnc1-c1ccc2n(c1=O)C[C@H]1C[C@@H]2CN(C(=O)CCc2ccccn2)C1. The van der Waals surface area contributed by atoms with E-state index in [0.29, 0.717) is 43.2 Å². The first-order valence-electron chi connectivity index (χ1n) is 10.5. The molecule has 5 heterocycles. The molecular formula is C23H25N5O2. The fraction of sp³-hybridized carbons (Fsp3) is 0.391. The summed E-state index contributed by atoms with van der Waals surface area (Å²) in [7, 11) is 1.90. The van der Waals surface area contributed by atoms with Crippen LogP contribution < -0.4 is 5.56 Å². The molecule has 1 fully saturated rings. The number of rotatable bonds is 4. The Balaban J connectivity index is 1.35. The molecule has 7 heteroatoms. The second-order valence-electron chi connectivity index (χ2n) is 8.37. The van der Waals surface area contributed by atoms with Crippen molar-refractivity contribution in [3.05, 3.63) is 70.7 Å². The quantitative estimate of drug-likeness (QED) is 0.670. The van der Waals surface area contributed by atoms with Gasteiger partial charge in [-0.15, -0.1) is 0 Å². The lowest BCUT2D eigenvalue weighted by Gasteiger charge is -2.43. The maximum Gasteiger partial charge on any atom is 0.261 e. The van der Waals surface area contributed by atoms with Crippen molar-refractivity contribution in [1.82, 2.24) is 24.0 Å². The molecule has 0 spiro atoms. The summed E-state index contributed by atoms with van der Waals surface area (Å²) in [5.41, 5.74) is 2.64. The normalized spacial score (nSPS) is 20.1. The van der Waals surface area contributed by atoms with E-state index in [1.807, 2.05) is 57.6 Å². The molecule has 3 aromatic rings. The van der Waals surface area contributed by atoms with Crippen molar-refractivity contribution < 1.29 is 4.79 Å². The minimum Gasteiger partial charge on any atom is -0.342 e. The van der Waals surface area contributed by atoms with Gasteiger partial charge in [-0.05, 0) is 43.0 Å². The van der Waals surface area contributed by atoms with E-state index < -0.39 is 0 Å². The average Bonchev–Trinajstić information content (AvgIpc) is 3.19. The fourth-order valence-corrected chi connectivity index (χ4v) is 4.88. The number of pyridine rings is 2. The minimum atomic E-state index is 0.0198. The number of hydrogen-bond donors (Lipinski definition) is 0. The van der Waals surface area contributed by atoms with E-state index in [1.54, 1.807) is 12.4 Å². The maximum absolute atomic E-state index is 13.2. The lowest BCUT2D eigenvalue weighted by atomic mass is 9.82. The Hall–Kier alpha value is -3.22. The summed E-state index contributed by atoms with van der Waals surface area (Å²) in [5.74, 6) is 1.39. The van der Waals surface area contributed by atoms with Crippen LogP contribution in [0.4, 0.5) is 0 Å². The van der Waals surface area contributed by atoms with Crippen LogP contribution in [0.3, 0.4) is 0 Å². The Morgan fingerprint density at radius 3 is 2.77 bits per heavy atom. The van der Waals surface area contributed by atoms with Crippen LogP contribution in [0.15, 0.2) is 53.7 Å². The zero-order valence-electron chi connectivity index (χ0n) is 17.1. The van der Waals surface area contributed by atoms with E-state index in [9.17, 15) is 9.59 Å². The zero-order chi connectivity index (χ0) is 20.7. The third-order valence-corrected chi connectivity index (χ3v) is 6.34. The molecule has 0 aromatic carbocycles. The molecule has 0 N–H and O–H groups in total. The molecule has 1 saturated heterocycles. The van der Waals surface area contributed by atoms with E-state index in [1.165, 1.54) is 0 Å². The molecule has 1 amide bonds. The first kappa shape index (κ1) is 18.8. The molecule has 2 aliphatic heterocycles. The number of aryl methyl sites for hydroxylation is 2. The largest absolute Gasteiger partial charge is 0.342 e. The minimum absolute atomic E-state index is 0.0198. The van der Waals surface area contributed by atoms with Gasteiger partial charge in [0.05, 0.1) is 5.56 Å². The van der Waals surface area contributed by atoms with Crippen molar-refractivity contribution in [2.45, 2.75) is 31.7 Å². The first-order chi connectivity index (χ1) is 14.6. The van der Waals surface area contributed by atoms with Crippen LogP contribution in [0, 0.1) is 5.92 Å². The predicted molar refractivity (Wildman–Crippen MR) is 113 cm³/mol. The van der Waals surface area contributed by atoms with Gasteiger partial charge in [-0.2, -0.15) is 0 Å². The molecule has 0 unspecified atom stereocenters. The maximum atomic E-state index is 13.2. The molecular weight excluding hydrogens is 378 g/mol. The highest BCUT2D eigenvalue weighted by Crippen LogP contribution is 2.36. The van der Waals surface area contributed by atoms with Crippen molar-refractivity contribution in [3.63, 3.8) is 0 Å². The lowest BCUT2D eigenvalue weighted by molar-refractivity contribution is -0.133. The smallest absolute Gasteiger partial charge is 0.261 e. The molecule has 30 heavy (non-hydrogen) atoms. The van der Waals surface area contributed by atoms with E-state index in [0.717, 1.165) is 24.4 Å². The monoisotopic (exact) mass is 403 g/mol. The number of fused-ring (bicyclic) bond motifs is 4. The van der Waals surface area contributed by atoms with Gasteiger partial charge >= 0.3 is 0 Å². The lowest BCUT2D eigenvalue weighted by Crippen LogP contribution is -2.49. The number of piperidine rings is 1. The summed E-state index contributed by atoms with van der Waals surface area (Å²) in [5, 5.41) is 0. The second kappa shape index (κ2) is 7.55. The summed E-state index contributed by atoms with van der Waals surface area (Å²) in [4.78, 5) is 36.7. The number of nitrogens with zero attached hydrogens (tertiary/aromatic N) is 5. The van der Waals surface area contributed by atoms with Crippen molar-refractivity contribution in [1.29, 1.82) is 0 Å². The molecule has 5 rings (SSSR count). The Labute approximate surface area is 175 Å². The molecule has 2 aliphatic rings.